The fraction of sp³-hybridized carbons (Fsp3) is 0.400. The van der Waals surface area contributed by atoms with Crippen molar-refractivity contribution < 1.29 is 19.7 Å². The zero-order valence-electron chi connectivity index (χ0n) is 14.1. The summed E-state index contributed by atoms with van der Waals surface area (Å²) in [5.41, 5.74) is 4.21. The third kappa shape index (κ3) is 4.02. The minimum absolute atomic E-state index is 0.00874. The summed E-state index contributed by atoms with van der Waals surface area (Å²) in [6.45, 7) is 1.17. The lowest BCUT2D eigenvalue weighted by atomic mass is 10.0. The molecule has 3 rings (SSSR count). The SMILES string of the molecule is OCCc1c(O)cccc1CCOc1ccc(CCCl)c2c1OCC2. The molecule has 0 spiro atoms. The molecule has 0 radical (unpaired) electrons. The van der Waals surface area contributed by atoms with Gasteiger partial charge in [-0.2, -0.15) is 0 Å². The lowest BCUT2D eigenvalue weighted by molar-refractivity contribution is 0.285. The number of aliphatic hydroxyl groups excluding tert-OH is 1. The van der Waals surface area contributed by atoms with Gasteiger partial charge < -0.3 is 19.7 Å². The summed E-state index contributed by atoms with van der Waals surface area (Å²) in [5, 5.41) is 19.1. The molecule has 2 aromatic carbocycles. The van der Waals surface area contributed by atoms with Crippen LogP contribution in [-0.2, 0) is 25.7 Å². The maximum Gasteiger partial charge on any atom is 0.164 e. The van der Waals surface area contributed by atoms with E-state index in [0.29, 0.717) is 31.9 Å². The van der Waals surface area contributed by atoms with E-state index in [1.54, 1.807) is 6.07 Å². The first-order chi connectivity index (χ1) is 12.2. The van der Waals surface area contributed by atoms with Crippen molar-refractivity contribution in [3.63, 3.8) is 0 Å². The molecule has 0 aromatic heterocycles. The lowest BCUT2D eigenvalue weighted by Crippen LogP contribution is -2.06. The zero-order chi connectivity index (χ0) is 17.6. The quantitative estimate of drug-likeness (QED) is 0.708. The number of fused-ring (bicyclic) bond motifs is 1. The molecule has 1 aliphatic rings. The molecule has 0 unspecified atom stereocenters. The highest BCUT2D eigenvalue weighted by Crippen LogP contribution is 2.38. The first-order valence-corrected chi connectivity index (χ1v) is 9.15. The Balaban J connectivity index is 1.69. The van der Waals surface area contributed by atoms with Gasteiger partial charge in [-0.25, -0.2) is 0 Å². The van der Waals surface area contributed by atoms with Crippen LogP contribution in [0.2, 0.25) is 0 Å². The van der Waals surface area contributed by atoms with Gasteiger partial charge in [0.15, 0.2) is 11.5 Å². The van der Waals surface area contributed by atoms with E-state index in [4.69, 9.17) is 21.1 Å². The summed E-state index contributed by atoms with van der Waals surface area (Å²) in [5.74, 6) is 2.42. The van der Waals surface area contributed by atoms with Crippen LogP contribution in [0.4, 0.5) is 0 Å². The normalized spacial score (nSPS) is 12.7. The Morgan fingerprint density at radius 3 is 2.76 bits per heavy atom. The van der Waals surface area contributed by atoms with Crippen LogP contribution in [0.15, 0.2) is 30.3 Å². The average Bonchev–Trinajstić information content (AvgIpc) is 3.10. The molecule has 4 nitrogen and oxygen atoms in total. The Labute approximate surface area is 153 Å². The van der Waals surface area contributed by atoms with Crippen LogP contribution in [-0.4, -0.2) is 35.9 Å². The highest BCUT2D eigenvalue weighted by atomic mass is 35.5. The number of ether oxygens (including phenoxy) is 2. The van der Waals surface area contributed by atoms with E-state index in [2.05, 4.69) is 6.07 Å². The molecule has 0 bridgehead atoms. The second-order valence-electron chi connectivity index (χ2n) is 6.05. The van der Waals surface area contributed by atoms with Crippen molar-refractivity contribution in [3.05, 3.63) is 52.6 Å². The Hall–Kier alpha value is -1.91. The van der Waals surface area contributed by atoms with Crippen LogP contribution < -0.4 is 9.47 Å². The molecule has 134 valence electrons. The third-order valence-corrected chi connectivity index (χ3v) is 4.71. The van der Waals surface area contributed by atoms with Gasteiger partial charge >= 0.3 is 0 Å². The summed E-state index contributed by atoms with van der Waals surface area (Å²) in [4.78, 5) is 0. The van der Waals surface area contributed by atoms with E-state index < -0.39 is 0 Å². The fourth-order valence-corrected chi connectivity index (χ4v) is 3.51. The van der Waals surface area contributed by atoms with Gasteiger partial charge in [0.1, 0.15) is 5.75 Å². The first-order valence-electron chi connectivity index (χ1n) is 8.61. The smallest absolute Gasteiger partial charge is 0.164 e. The highest BCUT2D eigenvalue weighted by molar-refractivity contribution is 6.18. The van der Waals surface area contributed by atoms with Crippen molar-refractivity contribution >= 4 is 11.6 Å². The summed E-state index contributed by atoms with van der Waals surface area (Å²) in [6.07, 6.45) is 2.82. The molecule has 0 amide bonds. The van der Waals surface area contributed by atoms with Crippen molar-refractivity contribution in [2.75, 3.05) is 25.7 Å². The minimum Gasteiger partial charge on any atom is -0.508 e. The van der Waals surface area contributed by atoms with Gasteiger partial charge in [-0.15, -0.1) is 11.6 Å². The predicted octanol–water partition coefficient (Wildman–Crippen LogP) is 3.26. The Kier molecular flexibility index (Phi) is 6.05. The summed E-state index contributed by atoms with van der Waals surface area (Å²) >= 11 is 5.87. The molecule has 25 heavy (non-hydrogen) atoms. The average molecular weight is 363 g/mol. The maximum absolute atomic E-state index is 9.96. The monoisotopic (exact) mass is 362 g/mol. The van der Waals surface area contributed by atoms with Gasteiger partial charge in [-0.05, 0) is 41.7 Å². The van der Waals surface area contributed by atoms with Crippen LogP contribution in [0.3, 0.4) is 0 Å². The molecule has 2 aromatic rings. The van der Waals surface area contributed by atoms with E-state index in [0.717, 1.165) is 35.5 Å². The number of aromatic hydroxyl groups is 1. The second kappa shape index (κ2) is 8.45. The fourth-order valence-electron chi connectivity index (χ4n) is 3.31. The van der Waals surface area contributed by atoms with Crippen molar-refractivity contribution in [2.24, 2.45) is 0 Å². The number of benzene rings is 2. The van der Waals surface area contributed by atoms with Crippen molar-refractivity contribution in [1.82, 2.24) is 0 Å². The molecule has 0 saturated heterocycles. The van der Waals surface area contributed by atoms with Crippen LogP contribution in [0, 0.1) is 0 Å². The van der Waals surface area contributed by atoms with Gasteiger partial charge in [0.05, 0.1) is 13.2 Å². The number of hydrogen-bond donors (Lipinski definition) is 2. The number of hydrogen-bond acceptors (Lipinski definition) is 4. The third-order valence-electron chi connectivity index (χ3n) is 4.52. The minimum atomic E-state index is 0.00874. The number of phenols is 1. The molecule has 0 saturated carbocycles. The molecular weight excluding hydrogens is 340 g/mol. The Morgan fingerprint density at radius 1 is 1.08 bits per heavy atom. The summed E-state index contributed by atoms with van der Waals surface area (Å²) < 4.78 is 11.7. The molecular formula is C20H23ClO4. The number of alkyl halides is 1. The van der Waals surface area contributed by atoms with Crippen LogP contribution in [0.25, 0.3) is 0 Å². The van der Waals surface area contributed by atoms with Gasteiger partial charge in [0.2, 0.25) is 0 Å². The van der Waals surface area contributed by atoms with E-state index in [-0.39, 0.29) is 12.4 Å². The van der Waals surface area contributed by atoms with E-state index >= 15 is 0 Å². The number of aliphatic hydroxyl groups is 1. The number of aryl methyl sites for hydroxylation is 1. The standard InChI is InChI=1S/C20H23ClO4/c21-10-6-15-4-5-19(20-17(15)9-13-25-20)24-12-8-14-2-1-3-18(23)16(14)7-11-22/h1-5,22-23H,6-13H2. The van der Waals surface area contributed by atoms with Gasteiger partial charge in [0, 0.05) is 30.9 Å². The molecule has 0 atom stereocenters. The van der Waals surface area contributed by atoms with Crippen LogP contribution in [0.5, 0.6) is 17.2 Å². The number of phenolic OH excluding ortho intramolecular Hbond substituents is 1. The number of rotatable bonds is 8. The predicted molar refractivity (Wildman–Crippen MR) is 98.2 cm³/mol. The largest absolute Gasteiger partial charge is 0.508 e. The second-order valence-corrected chi connectivity index (χ2v) is 6.43. The Bertz CT molecular complexity index is 730. The van der Waals surface area contributed by atoms with Gasteiger partial charge in [-0.3, -0.25) is 0 Å². The zero-order valence-corrected chi connectivity index (χ0v) is 14.9. The molecule has 0 aliphatic carbocycles. The molecule has 2 N–H and O–H groups in total. The Morgan fingerprint density at radius 2 is 1.96 bits per heavy atom. The molecule has 5 heteroatoms. The van der Waals surface area contributed by atoms with Crippen molar-refractivity contribution in [3.8, 4) is 17.2 Å². The van der Waals surface area contributed by atoms with E-state index in [9.17, 15) is 10.2 Å². The van der Waals surface area contributed by atoms with Crippen molar-refractivity contribution in [1.29, 1.82) is 0 Å². The number of halogens is 1. The molecule has 0 fully saturated rings. The molecule has 1 aliphatic heterocycles. The molecule has 1 heterocycles. The van der Waals surface area contributed by atoms with Gasteiger partial charge in [0.25, 0.3) is 0 Å². The lowest BCUT2D eigenvalue weighted by Gasteiger charge is -2.14. The van der Waals surface area contributed by atoms with E-state index in [1.807, 2.05) is 18.2 Å². The summed E-state index contributed by atoms with van der Waals surface area (Å²) in [6, 6.07) is 9.43. The van der Waals surface area contributed by atoms with Crippen LogP contribution in [0.1, 0.15) is 22.3 Å². The topological polar surface area (TPSA) is 58.9 Å². The van der Waals surface area contributed by atoms with E-state index in [1.165, 1.54) is 11.1 Å². The van der Waals surface area contributed by atoms with Crippen LogP contribution >= 0.6 is 11.6 Å². The maximum atomic E-state index is 9.96. The van der Waals surface area contributed by atoms with Gasteiger partial charge in [-0.1, -0.05) is 18.2 Å². The first kappa shape index (κ1) is 17.9. The highest BCUT2D eigenvalue weighted by Gasteiger charge is 2.21. The summed E-state index contributed by atoms with van der Waals surface area (Å²) in [7, 11) is 0. The van der Waals surface area contributed by atoms with Crippen molar-refractivity contribution in [2.45, 2.75) is 25.7 Å².